The highest BCUT2D eigenvalue weighted by atomic mass is 16.3. The Balaban J connectivity index is 1.61. The molecule has 3 unspecified atom stereocenters. The van der Waals surface area contributed by atoms with Gasteiger partial charge in [-0.1, -0.05) is 31.6 Å². The van der Waals surface area contributed by atoms with Gasteiger partial charge in [0.05, 0.1) is 6.04 Å². The highest BCUT2D eigenvalue weighted by molar-refractivity contribution is 6.01. The van der Waals surface area contributed by atoms with Crippen molar-refractivity contribution in [2.24, 2.45) is 16.8 Å². The summed E-state index contributed by atoms with van der Waals surface area (Å²) in [6.07, 6.45) is 18.5. The van der Waals surface area contributed by atoms with Gasteiger partial charge in [0.1, 0.15) is 11.6 Å². The molecule has 3 atom stereocenters. The number of nitrogens with one attached hydrogen (secondary N) is 2. The standard InChI is InChI=1S/C21H29N3O2/c1-2-18-21(24-20(26)13-15-7-5-3-4-6-8-15)22-14-19(23-18)16-9-11-17(25)12-10-16/h5,7,9,11-12,14-16,18,23,25H,2-4,6,8,10,13H2,1H3,(H,22,24,26). The lowest BCUT2D eigenvalue weighted by Gasteiger charge is -2.29. The Morgan fingerprint density at radius 1 is 1.38 bits per heavy atom. The fourth-order valence-electron chi connectivity index (χ4n) is 3.65. The van der Waals surface area contributed by atoms with E-state index >= 15 is 0 Å². The van der Waals surface area contributed by atoms with Gasteiger partial charge in [0, 0.05) is 24.2 Å². The third-order valence-electron chi connectivity index (χ3n) is 5.22. The normalized spacial score (nSPS) is 28.3. The van der Waals surface area contributed by atoms with Crippen molar-refractivity contribution in [2.75, 3.05) is 0 Å². The molecule has 0 saturated carbocycles. The average Bonchev–Trinajstić information content (AvgIpc) is 2.91. The molecule has 3 rings (SSSR count). The lowest BCUT2D eigenvalue weighted by molar-refractivity contribution is -0.120. The molecule has 0 aromatic rings. The van der Waals surface area contributed by atoms with Gasteiger partial charge in [0.2, 0.25) is 5.91 Å². The number of rotatable bonds is 4. The number of amides is 1. The summed E-state index contributed by atoms with van der Waals surface area (Å²) in [5.41, 5.74) is 1.03. The van der Waals surface area contributed by atoms with Crippen molar-refractivity contribution in [3.05, 3.63) is 48.0 Å². The van der Waals surface area contributed by atoms with Crippen LogP contribution in [-0.4, -0.2) is 22.9 Å². The van der Waals surface area contributed by atoms with E-state index < -0.39 is 0 Å². The molecular weight excluding hydrogens is 326 g/mol. The quantitative estimate of drug-likeness (QED) is 0.670. The van der Waals surface area contributed by atoms with Crippen LogP contribution in [0, 0.1) is 11.8 Å². The van der Waals surface area contributed by atoms with Crippen molar-refractivity contribution in [3.8, 4) is 0 Å². The first-order valence-corrected chi connectivity index (χ1v) is 9.74. The summed E-state index contributed by atoms with van der Waals surface area (Å²) in [4.78, 5) is 17.0. The summed E-state index contributed by atoms with van der Waals surface area (Å²) in [6, 6.07) is 0.0107. The third kappa shape index (κ3) is 4.87. The molecule has 0 saturated heterocycles. The van der Waals surface area contributed by atoms with Crippen LogP contribution in [0.4, 0.5) is 0 Å². The second kappa shape index (κ2) is 8.88. The fourth-order valence-corrected chi connectivity index (χ4v) is 3.65. The number of aliphatic hydroxyl groups excluding tert-OH is 1. The highest BCUT2D eigenvalue weighted by Crippen LogP contribution is 2.24. The molecule has 0 spiro atoms. The molecule has 3 aliphatic rings. The van der Waals surface area contributed by atoms with Gasteiger partial charge >= 0.3 is 0 Å². The minimum Gasteiger partial charge on any atom is -0.508 e. The molecule has 26 heavy (non-hydrogen) atoms. The molecule has 1 amide bonds. The second-order valence-electron chi connectivity index (χ2n) is 7.26. The number of allylic oxidation sites excluding steroid dienone is 5. The number of aliphatic imine (C=N–C) groups is 1. The van der Waals surface area contributed by atoms with E-state index in [1.807, 2.05) is 12.2 Å². The van der Waals surface area contributed by atoms with Crippen LogP contribution in [0.3, 0.4) is 0 Å². The van der Waals surface area contributed by atoms with Gasteiger partial charge in [-0.25, -0.2) is 4.99 Å². The number of amidine groups is 1. The SMILES string of the molecule is CCC1NC(C2C=CC(O)=CC2)=CN=C1NC(=O)CC1C=CCCCC1. The van der Waals surface area contributed by atoms with Crippen molar-refractivity contribution in [2.45, 2.75) is 57.9 Å². The van der Waals surface area contributed by atoms with Crippen LogP contribution in [0.1, 0.15) is 51.9 Å². The van der Waals surface area contributed by atoms with Gasteiger partial charge in [-0.15, -0.1) is 0 Å². The summed E-state index contributed by atoms with van der Waals surface area (Å²) < 4.78 is 0. The number of nitrogens with zero attached hydrogens (tertiary/aromatic N) is 1. The van der Waals surface area contributed by atoms with E-state index in [9.17, 15) is 9.90 Å². The Morgan fingerprint density at radius 3 is 3.04 bits per heavy atom. The molecule has 5 nitrogen and oxygen atoms in total. The van der Waals surface area contributed by atoms with Gasteiger partial charge in [0.15, 0.2) is 0 Å². The molecule has 0 aromatic carbocycles. The summed E-state index contributed by atoms with van der Waals surface area (Å²) in [5, 5.41) is 16.0. The van der Waals surface area contributed by atoms with E-state index in [2.05, 4.69) is 34.7 Å². The summed E-state index contributed by atoms with van der Waals surface area (Å²) in [6.45, 7) is 2.08. The van der Waals surface area contributed by atoms with Gasteiger partial charge < -0.3 is 15.7 Å². The lowest BCUT2D eigenvalue weighted by atomic mass is 9.95. The number of aliphatic hydroxyl groups is 1. The van der Waals surface area contributed by atoms with Gasteiger partial charge in [-0.05, 0) is 50.2 Å². The molecule has 0 radical (unpaired) electrons. The van der Waals surface area contributed by atoms with E-state index in [-0.39, 0.29) is 17.9 Å². The Morgan fingerprint density at radius 2 is 2.27 bits per heavy atom. The van der Waals surface area contributed by atoms with E-state index in [4.69, 9.17) is 0 Å². The van der Waals surface area contributed by atoms with Crippen LogP contribution in [0.25, 0.3) is 0 Å². The Kier molecular flexibility index (Phi) is 6.31. The minimum atomic E-state index is 0.0107. The van der Waals surface area contributed by atoms with Crippen molar-refractivity contribution >= 4 is 11.7 Å². The zero-order chi connectivity index (χ0) is 18.4. The predicted octanol–water partition coefficient (Wildman–Crippen LogP) is 3.88. The summed E-state index contributed by atoms with van der Waals surface area (Å²) in [5.74, 6) is 1.60. The van der Waals surface area contributed by atoms with Crippen LogP contribution in [-0.2, 0) is 4.79 Å². The molecular formula is C21H29N3O2. The first kappa shape index (κ1) is 18.5. The van der Waals surface area contributed by atoms with Crippen LogP contribution in [0.2, 0.25) is 0 Å². The number of carbonyl (C=O) groups is 1. The predicted molar refractivity (Wildman–Crippen MR) is 105 cm³/mol. The van der Waals surface area contributed by atoms with Crippen molar-refractivity contribution in [1.82, 2.24) is 10.6 Å². The van der Waals surface area contributed by atoms with E-state index in [1.165, 1.54) is 12.8 Å². The topological polar surface area (TPSA) is 73.7 Å². The second-order valence-corrected chi connectivity index (χ2v) is 7.26. The molecule has 5 heteroatoms. The van der Waals surface area contributed by atoms with Crippen LogP contribution >= 0.6 is 0 Å². The largest absolute Gasteiger partial charge is 0.508 e. The lowest BCUT2D eigenvalue weighted by Crippen LogP contribution is -2.48. The fraction of sp³-hybridized carbons (Fsp3) is 0.524. The average molecular weight is 355 g/mol. The third-order valence-corrected chi connectivity index (χ3v) is 5.22. The Hall–Kier alpha value is -2.30. The van der Waals surface area contributed by atoms with Gasteiger partial charge in [-0.2, -0.15) is 0 Å². The molecule has 0 aromatic heterocycles. The number of hydrogen-bond donors (Lipinski definition) is 3. The monoisotopic (exact) mass is 355 g/mol. The van der Waals surface area contributed by atoms with Crippen molar-refractivity contribution < 1.29 is 9.90 Å². The number of hydrogen-bond acceptors (Lipinski definition) is 4. The molecule has 0 bridgehead atoms. The zero-order valence-electron chi connectivity index (χ0n) is 15.4. The maximum atomic E-state index is 12.5. The maximum Gasteiger partial charge on any atom is 0.225 e. The zero-order valence-corrected chi connectivity index (χ0v) is 15.4. The van der Waals surface area contributed by atoms with Gasteiger partial charge in [-0.3, -0.25) is 4.79 Å². The van der Waals surface area contributed by atoms with E-state index in [1.54, 1.807) is 12.3 Å². The molecule has 2 aliphatic carbocycles. The van der Waals surface area contributed by atoms with Crippen LogP contribution in [0.15, 0.2) is 53.0 Å². The first-order valence-electron chi connectivity index (χ1n) is 9.74. The van der Waals surface area contributed by atoms with E-state index in [0.29, 0.717) is 23.9 Å². The first-order chi connectivity index (χ1) is 12.7. The molecule has 1 heterocycles. The summed E-state index contributed by atoms with van der Waals surface area (Å²) in [7, 11) is 0. The smallest absolute Gasteiger partial charge is 0.225 e. The Bertz CT molecular complexity index is 673. The molecule has 140 valence electrons. The molecule has 3 N–H and O–H groups in total. The van der Waals surface area contributed by atoms with Crippen molar-refractivity contribution in [1.29, 1.82) is 0 Å². The molecule has 0 fully saturated rings. The minimum absolute atomic E-state index is 0.0107. The Labute approximate surface area is 155 Å². The van der Waals surface area contributed by atoms with Crippen molar-refractivity contribution in [3.63, 3.8) is 0 Å². The van der Waals surface area contributed by atoms with Gasteiger partial charge in [0.25, 0.3) is 0 Å². The molecule has 1 aliphatic heterocycles. The number of carbonyl (C=O) groups excluding carboxylic acids is 1. The highest BCUT2D eigenvalue weighted by Gasteiger charge is 2.25. The van der Waals surface area contributed by atoms with Crippen LogP contribution < -0.4 is 10.6 Å². The van der Waals surface area contributed by atoms with E-state index in [0.717, 1.165) is 31.4 Å². The maximum absolute atomic E-state index is 12.5. The summed E-state index contributed by atoms with van der Waals surface area (Å²) >= 11 is 0. The van der Waals surface area contributed by atoms with Crippen LogP contribution in [0.5, 0.6) is 0 Å².